The number of nitrogens with zero attached hydrogens (tertiary/aromatic N) is 5. The second-order valence-corrected chi connectivity index (χ2v) is 6.47. The molecule has 8 nitrogen and oxygen atoms in total. The van der Waals surface area contributed by atoms with E-state index in [1.807, 2.05) is 24.4 Å². The van der Waals surface area contributed by atoms with Crippen LogP contribution in [0.2, 0.25) is 0 Å². The molecule has 0 spiro atoms. The first-order valence-corrected chi connectivity index (χ1v) is 8.65. The first-order valence-electron chi connectivity index (χ1n) is 8.65. The average Bonchev–Trinajstić information content (AvgIpc) is 3.22. The van der Waals surface area contributed by atoms with E-state index in [2.05, 4.69) is 15.5 Å². The molecule has 3 heterocycles. The monoisotopic (exact) mass is 352 g/mol. The summed E-state index contributed by atoms with van der Waals surface area (Å²) in [7, 11) is 1.66. The van der Waals surface area contributed by atoms with Crippen LogP contribution in [0.15, 0.2) is 47.5 Å². The molecule has 0 bridgehead atoms. The molecule has 1 aromatic carbocycles. The molecular formula is C18H20N6O2. The number of aryl methyl sites for hydroxylation is 2. The summed E-state index contributed by atoms with van der Waals surface area (Å²) in [6.45, 7) is 0.575. The van der Waals surface area contributed by atoms with E-state index in [-0.39, 0.29) is 17.6 Å². The third kappa shape index (κ3) is 3.05. The highest BCUT2D eigenvalue weighted by atomic mass is 16.2. The Bertz CT molecular complexity index is 968. The maximum absolute atomic E-state index is 12.5. The number of fused-ring (bicyclic) bond motifs is 1. The number of aromatic nitrogens is 5. The van der Waals surface area contributed by atoms with Gasteiger partial charge in [-0.15, -0.1) is 0 Å². The van der Waals surface area contributed by atoms with Crippen molar-refractivity contribution >= 4 is 5.91 Å². The van der Waals surface area contributed by atoms with Crippen LogP contribution in [0.5, 0.6) is 0 Å². The Kier molecular flexibility index (Phi) is 4.16. The second kappa shape index (κ2) is 6.62. The molecule has 0 radical (unpaired) electrons. The van der Waals surface area contributed by atoms with Crippen LogP contribution in [0.4, 0.5) is 0 Å². The summed E-state index contributed by atoms with van der Waals surface area (Å²) in [6, 6.07) is 9.21. The fraction of sp³-hybridized carbons (Fsp3) is 0.333. The molecule has 0 saturated carbocycles. The fourth-order valence-electron chi connectivity index (χ4n) is 3.30. The Morgan fingerprint density at radius 3 is 2.77 bits per heavy atom. The van der Waals surface area contributed by atoms with E-state index >= 15 is 0 Å². The Balaban J connectivity index is 1.41. The molecule has 1 aliphatic rings. The Morgan fingerprint density at radius 1 is 1.23 bits per heavy atom. The van der Waals surface area contributed by atoms with E-state index in [1.54, 1.807) is 34.6 Å². The molecule has 1 amide bonds. The van der Waals surface area contributed by atoms with Crippen LogP contribution in [0, 0.1) is 0 Å². The summed E-state index contributed by atoms with van der Waals surface area (Å²) in [4.78, 5) is 24.5. The van der Waals surface area contributed by atoms with Gasteiger partial charge in [-0.2, -0.15) is 10.2 Å². The second-order valence-electron chi connectivity index (χ2n) is 6.47. The van der Waals surface area contributed by atoms with Crippen LogP contribution >= 0.6 is 0 Å². The minimum absolute atomic E-state index is 0.0275. The van der Waals surface area contributed by atoms with Crippen molar-refractivity contribution < 1.29 is 4.79 Å². The third-order valence-electron chi connectivity index (χ3n) is 4.74. The zero-order valence-electron chi connectivity index (χ0n) is 14.5. The number of rotatable bonds is 3. The molecule has 0 saturated heterocycles. The molecule has 1 N–H and O–H groups in total. The molecule has 1 unspecified atom stereocenters. The van der Waals surface area contributed by atoms with Gasteiger partial charge in [-0.3, -0.25) is 9.36 Å². The molecule has 0 fully saturated rings. The first kappa shape index (κ1) is 16.3. The Labute approximate surface area is 150 Å². The number of amides is 1. The normalized spacial score (nSPS) is 16.7. The van der Waals surface area contributed by atoms with Gasteiger partial charge in [-0.05, 0) is 43.2 Å². The van der Waals surface area contributed by atoms with Crippen molar-refractivity contribution in [2.24, 2.45) is 7.05 Å². The van der Waals surface area contributed by atoms with Crippen molar-refractivity contribution in [1.82, 2.24) is 29.4 Å². The number of carbonyl (C=O) groups is 1. The summed E-state index contributed by atoms with van der Waals surface area (Å²) in [5.74, 6) is 0.687. The SMILES string of the molecule is Cn1nc2n(c1=O)CCC(NC(=O)c1ccc(-n3cccn3)cc1)CC2. The predicted molar refractivity (Wildman–Crippen MR) is 95.2 cm³/mol. The van der Waals surface area contributed by atoms with Crippen molar-refractivity contribution in [3.05, 3.63) is 64.6 Å². The van der Waals surface area contributed by atoms with Crippen molar-refractivity contribution in [2.75, 3.05) is 0 Å². The molecule has 3 aromatic rings. The number of benzene rings is 1. The van der Waals surface area contributed by atoms with E-state index in [0.29, 0.717) is 18.5 Å². The maximum Gasteiger partial charge on any atom is 0.345 e. The van der Waals surface area contributed by atoms with Gasteiger partial charge in [0.25, 0.3) is 5.91 Å². The minimum Gasteiger partial charge on any atom is -0.349 e. The van der Waals surface area contributed by atoms with Gasteiger partial charge >= 0.3 is 5.69 Å². The van der Waals surface area contributed by atoms with Crippen molar-refractivity contribution in [1.29, 1.82) is 0 Å². The summed E-state index contributed by atoms with van der Waals surface area (Å²) in [6.07, 6.45) is 5.74. The molecular weight excluding hydrogens is 332 g/mol. The van der Waals surface area contributed by atoms with Crippen molar-refractivity contribution in [2.45, 2.75) is 31.8 Å². The molecule has 1 atom stereocenters. The summed E-state index contributed by atoms with van der Waals surface area (Å²) in [5, 5.41) is 11.5. The lowest BCUT2D eigenvalue weighted by atomic mass is 10.1. The first-order chi connectivity index (χ1) is 12.6. The number of hydrogen-bond acceptors (Lipinski definition) is 4. The van der Waals surface area contributed by atoms with E-state index < -0.39 is 0 Å². The highest BCUT2D eigenvalue weighted by molar-refractivity contribution is 5.94. The van der Waals surface area contributed by atoms with Crippen LogP contribution in [-0.4, -0.2) is 36.1 Å². The zero-order chi connectivity index (χ0) is 18.1. The van der Waals surface area contributed by atoms with Crippen LogP contribution < -0.4 is 11.0 Å². The maximum atomic E-state index is 12.5. The summed E-state index contributed by atoms with van der Waals surface area (Å²) >= 11 is 0. The van der Waals surface area contributed by atoms with Gasteiger partial charge in [0.2, 0.25) is 0 Å². The zero-order valence-corrected chi connectivity index (χ0v) is 14.5. The summed E-state index contributed by atoms with van der Waals surface area (Å²) in [5.41, 5.74) is 1.42. The molecule has 134 valence electrons. The molecule has 26 heavy (non-hydrogen) atoms. The molecule has 8 heteroatoms. The van der Waals surface area contributed by atoms with E-state index in [4.69, 9.17) is 0 Å². The Morgan fingerprint density at radius 2 is 2.04 bits per heavy atom. The van der Waals surface area contributed by atoms with Crippen LogP contribution in [0.1, 0.15) is 29.0 Å². The molecule has 0 aliphatic carbocycles. The van der Waals surface area contributed by atoms with Crippen LogP contribution in [0.3, 0.4) is 0 Å². The molecule has 1 aliphatic heterocycles. The van der Waals surface area contributed by atoms with Gasteiger partial charge in [-0.25, -0.2) is 14.2 Å². The lowest BCUT2D eigenvalue weighted by Gasteiger charge is -2.16. The van der Waals surface area contributed by atoms with E-state index in [9.17, 15) is 9.59 Å². The number of nitrogens with one attached hydrogen (secondary N) is 1. The van der Waals surface area contributed by atoms with Gasteiger partial charge in [0.15, 0.2) is 0 Å². The average molecular weight is 352 g/mol. The standard InChI is InChI=1S/C18H20N6O2/c1-22-18(26)23-12-9-14(5-8-16(23)21-22)20-17(25)13-3-6-15(7-4-13)24-11-2-10-19-24/h2-4,6-7,10-11,14H,5,8-9,12H2,1H3,(H,20,25). The van der Waals surface area contributed by atoms with Crippen LogP contribution in [0.25, 0.3) is 5.69 Å². The third-order valence-corrected chi connectivity index (χ3v) is 4.74. The molecule has 2 aromatic heterocycles. The highest BCUT2D eigenvalue weighted by Gasteiger charge is 2.21. The number of carbonyl (C=O) groups excluding carboxylic acids is 1. The highest BCUT2D eigenvalue weighted by Crippen LogP contribution is 2.13. The van der Waals surface area contributed by atoms with Gasteiger partial charge in [0.1, 0.15) is 5.82 Å². The van der Waals surface area contributed by atoms with Crippen LogP contribution in [-0.2, 0) is 20.0 Å². The van der Waals surface area contributed by atoms with Crippen molar-refractivity contribution in [3.8, 4) is 5.69 Å². The lowest BCUT2D eigenvalue weighted by Crippen LogP contribution is -2.35. The van der Waals surface area contributed by atoms with E-state index in [0.717, 1.165) is 24.4 Å². The fourth-order valence-corrected chi connectivity index (χ4v) is 3.30. The van der Waals surface area contributed by atoms with Gasteiger partial charge < -0.3 is 5.32 Å². The smallest absolute Gasteiger partial charge is 0.345 e. The van der Waals surface area contributed by atoms with E-state index in [1.165, 1.54) is 4.68 Å². The minimum atomic E-state index is -0.102. The largest absolute Gasteiger partial charge is 0.349 e. The lowest BCUT2D eigenvalue weighted by molar-refractivity contribution is 0.0933. The van der Waals surface area contributed by atoms with Gasteiger partial charge in [0.05, 0.1) is 5.69 Å². The van der Waals surface area contributed by atoms with Gasteiger partial charge in [-0.1, -0.05) is 0 Å². The number of hydrogen-bond donors (Lipinski definition) is 1. The molecule has 4 rings (SSSR count). The van der Waals surface area contributed by atoms with Gasteiger partial charge in [0, 0.05) is 44.0 Å². The quantitative estimate of drug-likeness (QED) is 0.759. The van der Waals surface area contributed by atoms with Crippen molar-refractivity contribution in [3.63, 3.8) is 0 Å². The topological polar surface area (TPSA) is 86.7 Å². The predicted octanol–water partition coefficient (Wildman–Crippen LogP) is 0.902. The Hall–Kier alpha value is -3.16. The summed E-state index contributed by atoms with van der Waals surface area (Å²) < 4.78 is 4.81.